The molecule has 4 nitrogen and oxygen atoms in total. The number of anilines is 1. The van der Waals surface area contributed by atoms with Crippen LogP contribution in [0.15, 0.2) is 12.3 Å². The first-order valence-electron chi connectivity index (χ1n) is 5.69. The summed E-state index contributed by atoms with van der Waals surface area (Å²) < 4.78 is 37.6. The summed E-state index contributed by atoms with van der Waals surface area (Å²) in [6.07, 6.45) is -1.70. The monoisotopic (exact) mass is 261 g/mol. The maximum atomic E-state index is 12.0. The highest BCUT2D eigenvalue weighted by Crippen LogP contribution is 2.37. The van der Waals surface area contributed by atoms with Crippen LogP contribution in [0.4, 0.5) is 18.9 Å². The van der Waals surface area contributed by atoms with E-state index in [1.165, 1.54) is 6.07 Å². The molecule has 0 bridgehead atoms. The topological polar surface area (TPSA) is 60.1 Å². The van der Waals surface area contributed by atoms with Gasteiger partial charge in [-0.15, -0.1) is 0 Å². The molecule has 0 radical (unpaired) electrons. The van der Waals surface area contributed by atoms with Gasteiger partial charge in [0.15, 0.2) is 0 Å². The van der Waals surface area contributed by atoms with E-state index in [0.29, 0.717) is 11.4 Å². The lowest BCUT2D eigenvalue weighted by atomic mass is 10.3. The second-order valence-corrected chi connectivity index (χ2v) is 4.42. The van der Waals surface area contributed by atoms with E-state index < -0.39 is 25.0 Å². The Hall–Kier alpha value is -1.66. The van der Waals surface area contributed by atoms with E-state index in [-0.39, 0.29) is 6.04 Å². The molecular weight excluding hydrogens is 247 g/mol. The Kier molecular flexibility index (Phi) is 3.23. The Morgan fingerprint density at radius 2 is 2.17 bits per heavy atom. The Bertz CT molecular complexity index is 449. The largest absolute Gasteiger partial charge is 0.397 e. The van der Waals surface area contributed by atoms with Gasteiger partial charge in [0, 0.05) is 18.8 Å². The summed E-state index contributed by atoms with van der Waals surface area (Å²) in [6, 6.07) is 1.74. The van der Waals surface area contributed by atoms with Gasteiger partial charge in [-0.25, -0.2) is 0 Å². The molecule has 7 heteroatoms. The van der Waals surface area contributed by atoms with Gasteiger partial charge in [-0.2, -0.15) is 13.2 Å². The highest BCUT2D eigenvalue weighted by atomic mass is 19.4. The van der Waals surface area contributed by atoms with Crippen LogP contribution >= 0.6 is 0 Å². The second-order valence-electron chi connectivity index (χ2n) is 4.42. The number of nitrogen functional groups attached to an aromatic ring is 1. The van der Waals surface area contributed by atoms with Crippen LogP contribution in [0.5, 0.6) is 0 Å². The van der Waals surface area contributed by atoms with Crippen molar-refractivity contribution in [2.75, 3.05) is 12.3 Å². The Labute approximate surface area is 102 Å². The average Bonchev–Trinajstić information content (AvgIpc) is 3.00. The van der Waals surface area contributed by atoms with E-state index in [2.05, 4.69) is 5.32 Å². The van der Waals surface area contributed by atoms with Gasteiger partial charge >= 0.3 is 6.18 Å². The van der Waals surface area contributed by atoms with Crippen molar-refractivity contribution >= 4 is 11.6 Å². The first-order valence-corrected chi connectivity index (χ1v) is 5.69. The third-order valence-electron chi connectivity index (χ3n) is 2.74. The van der Waals surface area contributed by atoms with E-state index in [1.54, 1.807) is 10.8 Å². The first kappa shape index (κ1) is 12.8. The fraction of sp³-hybridized carbons (Fsp3) is 0.545. The SMILES string of the molecule is Nc1cc(C(=O)NCCC(F)(F)F)n(C2CC2)c1. The minimum absolute atomic E-state index is 0.255. The maximum Gasteiger partial charge on any atom is 0.390 e. The third-order valence-corrected chi connectivity index (χ3v) is 2.74. The highest BCUT2D eigenvalue weighted by Gasteiger charge is 2.29. The standard InChI is InChI=1S/C11H14F3N3O/c12-11(13,14)3-4-16-10(18)9-5-7(15)6-17(9)8-1-2-8/h5-6,8H,1-4,15H2,(H,16,18). The van der Waals surface area contributed by atoms with E-state index in [0.717, 1.165) is 12.8 Å². The summed E-state index contributed by atoms with van der Waals surface area (Å²) in [5.74, 6) is -0.511. The summed E-state index contributed by atoms with van der Waals surface area (Å²) in [5.41, 5.74) is 6.38. The number of halogens is 3. The molecule has 1 aliphatic rings. The molecule has 1 aromatic heterocycles. The van der Waals surface area contributed by atoms with Crippen LogP contribution in [0.25, 0.3) is 0 Å². The molecule has 18 heavy (non-hydrogen) atoms. The van der Waals surface area contributed by atoms with Crippen LogP contribution in [0.1, 0.15) is 35.8 Å². The number of aromatic nitrogens is 1. The molecule has 3 N–H and O–H groups in total. The number of nitrogens with two attached hydrogens (primary N) is 1. The minimum Gasteiger partial charge on any atom is -0.397 e. The number of nitrogens with zero attached hydrogens (tertiary/aromatic N) is 1. The molecule has 0 aliphatic heterocycles. The first-order chi connectivity index (χ1) is 8.37. The van der Waals surface area contributed by atoms with Gasteiger partial charge in [-0.1, -0.05) is 0 Å². The molecule has 1 aliphatic carbocycles. The molecule has 2 rings (SSSR count). The van der Waals surface area contributed by atoms with Gasteiger partial charge in [-0.05, 0) is 18.9 Å². The predicted molar refractivity (Wildman–Crippen MR) is 60.1 cm³/mol. The lowest BCUT2D eigenvalue weighted by Crippen LogP contribution is -2.29. The van der Waals surface area contributed by atoms with E-state index in [1.807, 2.05) is 0 Å². The van der Waals surface area contributed by atoms with Crippen molar-refractivity contribution in [2.24, 2.45) is 0 Å². The van der Waals surface area contributed by atoms with Crippen molar-refractivity contribution in [3.8, 4) is 0 Å². The summed E-state index contributed by atoms with van der Waals surface area (Å²) in [5, 5.41) is 2.26. The Morgan fingerprint density at radius 3 is 2.72 bits per heavy atom. The molecule has 0 spiro atoms. The van der Waals surface area contributed by atoms with Crippen LogP contribution in [0.3, 0.4) is 0 Å². The number of carbonyl (C=O) groups excluding carboxylic acids is 1. The lowest BCUT2D eigenvalue weighted by Gasteiger charge is -2.09. The molecule has 1 fully saturated rings. The van der Waals surface area contributed by atoms with Crippen molar-refractivity contribution in [1.82, 2.24) is 9.88 Å². The number of alkyl halides is 3. The quantitative estimate of drug-likeness (QED) is 0.871. The fourth-order valence-corrected chi connectivity index (χ4v) is 1.75. The van der Waals surface area contributed by atoms with Gasteiger partial charge in [0.05, 0.1) is 12.1 Å². The summed E-state index contributed by atoms with van der Waals surface area (Å²) in [4.78, 5) is 11.7. The van der Waals surface area contributed by atoms with Crippen molar-refractivity contribution in [3.05, 3.63) is 18.0 Å². The minimum atomic E-state index is -4.26. The second kappa shape index (κ2) is 4.55. The van der Waals surface area contributed by atoms with E-state index in [9.17, 15) is 18.0 Å². The number of amides is 1. The molecule has 0 unspecified atom stereocenters. The molecule has 1 amide bonds. The summed E-state index contributed by atoms with van der Waals surface area (Å²) in [7, 11) is 0. The zero-order valence-corrected chi connectivity index (χ0v) is 9.63. The molecule has 1 heterocycles. The Morgan fingerprint density at radius 1 is 1.50 bits per heavy atom. The maximum absolute atomic E-state index is 12.0. The van der Waals surface area contributed by atoms with Crippen LogP contribution in [-0.2, 0) is 0 Å². The van der Waals surface area contributed by atoms with E-state index >= 15 is 0 Å². The molecule has 100 valence electrons. The number of nitrogens with one attached hydrogen (secondary N) is 1. The normalized spacial score (nSPS) is 15.7. The lowest BCUT2D eigenvalue weighted by molar-refractivity contribution is -0.132. The third kappa shape index (κ3) is 3.18. The molecule has 0 aromatic carbocycles. The van der Waals surface area contributed by atoms with Crippen molar-refractivity contribution in [1.29, 1.82) is 0 Å². The number of carbonyl (C=O) groups is 1. The Balaban J connectivity index is 1.96. The fourth-order valence-electron chi connectivity index (χ4n) is 1.75. The van der Waals surface area contributed by atoms with Crippen LogP contribution in [-0.4, -0.2) is 23.2 Å². The van der Waals surface area contributed by atoms with Crippen molar-refractivity contribution in [2.45, 2.75) is 31.5 Å². The summed E-state index contributed by atoms with van der Waals surface area (Å²) in [6.45, 7) is -0.419. The molecule has 1 aromatic rings. The van der Waals surface area contributed by atoms with Crippen molar-refractivity contribution < 1.29 is 18.0 Å². The predicted octanol–water partition coefficient (Wildman–Crippen LogP) is 2.09. The molecule has 0 atom stereocenters. The highest BCUT2D eigenvalue weighted by molar-refractivity contribution is 5.93. The summed E-state index contributed by atoms with van der Waals surface area (Å²) >= 11 is 0. The molecular formula is C11H14F3N3O. The zero-order chi connectivity index (χ0) is 13.3. The van der Waals surface area contributed by atoms with Crippen LogP contribution in [0.2, 0.25) is 0 Å². The van der Waals surface area contributed by atoms with Gasteiger partial charge in [0.1, 0.15) is 5.69 Å². The van der Waals surface area contributed by atoms with Crippen molar-refractivity contribution in [3.63, 3.8) is 0 Å². The van der Waals surface area contributed by atoms with E-state index in [4.69, 9.17) is 5.73 Å². The molecule has 0 saturated heterocycles. The van der Waals surface area contributed by atoms with Crippen LogP contribution in [0, 0.1) is 0 Å². The zero-order valence-electron chi connectivity index (χ0n) is 9.63. The average molecular weight is 261 g/mol. The van der Waals surface area contributed by atoms with Crippen LogP contribution < -0.4 is 11.1 Å². The number of rotatable bonds is 4. The van der Waals surface area contributed by atoms with Gasteiger partial charge in [0.25, 0.3) is 5.91 Å². The van der Waals surface area contributed by atoms with Gasteiger partial charge in [0.2, 0.25) is 0 Å². The number of hydrogen-bond acceptors (Lipinski definition) is 2. The molecule has 1 saturated carbocycles. The number of hydrogen-bond donors (Lipinski definition) is 2. The smallest absolute Gasteiger partial charge is 0.390 e. The van der Waals surface area contributed by atoms with Gasteiger partial charge in [-0.3, -0.25) is 4.79 Å². The van der Waals surface area contributed by atoms with Gasteiger partial charge < -0.3 is 15.6 Å².